The Balaban J connectivity index is 1.25. The Labute approximate surface area is 149 Å². The van der Waals surface area contributed by atoms with Gasteiger partial charge in [0.2, 0.25) is 0 Å². The molecule has 1 aromatic heterocycles. The molecular formula is C19H29N3OS. The second kappa shape index (κ2) is 7.54. The van der Waals surface area contributed by atoms with Crippen LogP contribution in [0.5, 0.6) is 0 Å². The van der Waals surface area contributed by atoms with Crippen molar-refractivity contribution in [2.45, 2.75) is 64.1 Å². The summed E-state index contributed by atoms with van der Waals surface area (Å²) in [5.41, 5.74) is 1.40. The fourth-order valence-corrected chi connectivity index (χ4v) is 5.55. The van der Waals surface area contributed by atoms with Gasteiger partial charge >= 0.3 is 0 Å². The number of hydrogen-bond donors (Lipinski definition) is 1. The highest BCUT2D eigenvalue weighted by Crippen LogP contribution is 2.35. The fraction of sp³-hybridized carbons (Fsp3) is 0.737. The largest absolute Gasteiger partial charge is 0.350 e. The predicted molar refractivity (Wildman–Crippen MR) is 98.4 cm³/mol. The van der Waals surface area contributed by atoms with Gasteiger partial charge in [-0.05, 0) is 50.4 Å². The van der Waals surface area contributed by atoms with Gasteiger partial charge in [-0.15, -0.1) is 11.3 Å². The van der Waals surface area contributed by atoms with Crippen molar-refractivity contribution in [2.24, 2.45) is 0 Å². The van der Waals surface area contributed by atoms with E-state index < -0.39 is 0 Å². The van der Waals surface area contributed by atoms with Crippen LogP contribution in [0.3, 0.4) is 0 Å². The second-order valence-electron chi connectivity index (χ2n) is 7.56. The van der Waals surface area contributed by atoms with Gasteiger partial charge in [-0.1, -0.05) is 19.3 Å². The molecule has 0 bridgehead atoms. The molecule has 2 fully saturated rings. The predicted octanol–water partition coefficient (Wildman–Crippen LogP) is 3.22. The van der Waals surface area contributed by atoms with Crippen LogP contribution in [0.2, 0.25) is 0 Å². The van der Waals surface area contributed by atoms with Crippen molar-refractivity contribution in [3.63, 3.8) is 0 Å². The van der Waals surface area contributed by atoms with Gasteiger partial charge in [0.25, 0.3) is 5.91 Å². The minimum absolute atomic E-state index is 0.124. The van der Waals surface area contributed by atoms with Crippen LogP contribution in [0.15, 0.2) is 6.07 Å². The second-order valence-corrected chi connectivity index (χ2v) is 8.70. The third kappa shape index (κ3) is 3.68. The van der Waals surface area contributed by atoms with Crippen molar-refractivity contribution in [2.75, 3.05) is 26.2 Å². The molecule has 1 N–H and O–H groups in total. The number of likely N-dealkylation sites (tertiary alicyclic amines) is 1. The maximum Gasteiger partial charge on any atom is 0.261 e. The van der Waals surface area contributed by atoms with Gasteiger partial charge in [-0.2, -0.15) is 0 Å². The molecule has 1 aromatic rings. The lowest BCUT2D eigenvalue weighted by Gasteiger charge is -2.26. The van der Waals surface area contributed by atoms with Crippen LogP contribution in [0, 0.1) is 0 Å². The van der Waals surface area contributed by atoms with Gasteiger partial charge < -0.3 is 10.2 Å². The van der Waals surface area contributed by atoms with Gasteiger partial charge in [0.05, 0.1) is 4.88 Å². The molecule has 5 heteroatoms. The number of thiophene rings is 1. The molecule has 4 rings (SSSR count). The number of amides is 1. The molecule has 1 saturated heterocycles. The summed E-state index contributed by atoms with van der Waals surface area (Å²) < 4.78 is 0. The van der Waals surface area contributed by atoms with E-state index in [9.17, 15) is 4.79 Å². The maximum absolute atomic E-state index is 12.4. The molecule has 0 unspecified atom stereocenters. The normalized spacial score (nSPS) is 22.8. The molecule has 24 heavy (non-hydrogen) atoms. The molecule has 4 nitrogen and oxygen atoms in total. The quantitative estimate of drug-likeness (QED) is 0.888. The topological polar surface area (TPSA) is 35.6 Å². The van der Waals surface area contributed by atoms with Crippen molar-refractivity contribution in [3.8, 4) is 0 Å². The highest BCUT2D eigenvalue weighted by Gasteiger charge is 2.30. The molecule has 0 aromatic carbocycles. The van der Waals surface area contributed by atoms with Gasteiger partial charge in [-0.25, -0.2) is 0 Å². The monoisotopic (exact) mass is 347 g/mol. The average molecular weight is 348 g/mol. The number of carbonyl (C=O) groups excluding carboxylic acids is 1. The summed E-state index contributed by atoms with van der Waals surface area (Å²) in [5, 5.41) is 3.12. The summed E-state index contributed by atoms with van der Waals surface area (Å²) in [6.07, 6.45) is 9.48. The highest BCUT2D eigenvalue weighted by atomic mass is 32.1. The molecule has 1 amide bonds. The van der Waals surface area contributed by atoms with Crippen molar-refractivity contribution in [3.05, 3.63) is 21.4 Å². The molecule has 0 atom stereocenters. The van der Waals surface area contributed by atoms with E-state index >= 15 is 0 Å². The molecule has 3 aliphatic rings. The van der Waals surface area contributed by atoms with E-state index in [0.29, 0.717) is 0 Å². The average Bonchev–Trinajstić information content (AvgIpc) is 3.31. The summed E-state index contributed by atoms with van der Waals surface area (Å²) in [6.45, 7) is 6.27. The SMILES string of the molecule is O=C(NCCN1CCCCC1)c1cc2c(s1)CN(C1CCCC1)C2. The Morgan fingerprint density at radius 2 is 1.92 bits per heavy atom. The van der Waals surface area contributed by atoms with Crippen molar-refractivity contribution >= 4 is 17.2 Å². The van der Waals surface area contributed by atoms with Crippen LogP contribution < -0.4 is 5.32 Å². The first-order chi connectivity index (χ1) is 11.8. The number of nitrogens with zero attached hydrogens (tertiary/aromatic N) is 2. The summed E-state index contributed by atoms with van der Waals surface area (Å²) in [4.78, 5) is 19.8. The summed E-state index contributed by atoms with van der Waals surface area (Å²) in [5.74, 6) is 0.124. The van der Waals surface area contributed by atoms with Gasteiger partial charge in [0.15, 0.2) is 0 Å². The van der Waals surface area contributed by atoms with Crippen molar-refractivity contribution < 1.29 is 4.79 Å². The number of fused-ring (bicyclic) bond motifs is 1. The third-order valence-electron chi connectivity index (χ3n) is 5.84. The van der Waals surface area contributed by atoms with E-state index in [4.69, 9.17) is 0 Å². The minimum Gasteiger partial charge on any atom is -0.350 e. The zero-order chi connectivity index (χ0) is 16.4. The third-order valence-corrected chi connectivity index (χ3v) is 7.00. The Morgan fingerprint density at radius 3 is 2.67 bits per heavy atom. The lowest BCUT2D eigenvalue weighted by molar-refractivity contribution is 0.0950. The number of piperidine rings is 1. The van der Waals surface area contributed by atoms with Gasteiger partial charge in [0.1, 0.15) is 0 Å². The number of nitrogens with one attached hydrogen (secondary N) is 1. The summed E-state index contributed by atoms with van der Waals surface area (Å²) >= 11 is 1.71. The van der Waals surface area contributed by atoms with Gasteiger partial charge in [-0.3, -0.25) is 9.69 Å². The first kappa shape index (κ1) is 16.6. The molecule has 0 spiro atoms. The summed E-state index contributed by atoms with van der Waals surface area (Å²) in [6, 6.07) is 2.93. The van der Waals surface area contributed by atoms with E-state index in [2.05, 4.69) is 21.2 Å². The van der Waals surface area contributed by atoms with E-state index in [0.717, 1.165) is 37.1 Å². The minimum atomic E-state index is 0.124. The van der Waals surface area contributed by atoms with Crippen molar-refractivity contribution in [1.82, 2.24) is 15.1 Å². The Hall–Kier alpha value is -0.910. The first-order valence-corrected chi connectivity index (χ1v) is 10.5. The lowest BCUT2D eigenvalue weighted by Crippen LogP contribution is -2.37. The van der Waals surface area contributed by atoms with Crippen LogP contribution in [0.4, 0.5) is 0 Å². The fourth-order valence-electron chi connectivity index (χ4n) is 4.43. The molecule has 1 aliphatic carbocycles. The molecule has 2 aliphatic heterocycles. The standard InChI is InChI=1S/C19H29N3OS/c23-19(20-8-11-21-9-4-1-5-10-21)17-12-15-13-22(14-18(15)24-17)16-6-2-3-7-16/h12,16H,1-11,13-14H2,(H,20,23). The van der Waals surface area contributed by atoms with E-state index in [1.165, 1.54) is 68.5 Å². The van der Waals surface area contributed by atoms with Crippen LogP contribution in [-0.4, -0.2) is 47.9 Å². The number of rotatable bonds is 5. The van der Waals surface area contributed by atoms with Gasteiger partial charge in [0, 0.05) is 37.1 Å². The molecule has 0 radical (unpaired) electrons. The van der Waals surface area contributed by atoms with Crippen LogP contribution in [-0.2, 0) is 13.1 Å². The molecular weight excluding hydrogens is 318 g/mol. The van der Waals surface area contributed by atoms with Crippen LogP contribution in [0.25, 0.3) is 0 Å². The van der Waals surface area contributed by atoms with E-state index in [1.807, 2.05) is 0 Å². The lowest BCUT2D eigenvalue weighted by atomic mass is 10.1. The molecule has 132 valence electrons. The number of carbonyl (C=O) groups is 1. The molecule has 1 saturated carbocycles. The highest BCUT2D eigenvalue weighted by molar-refractivity contribution is 7.14. The number of hydrogen-bond acceptors (Lipinski definition) is 4. The van der Waals surface area contributed by atoms with Crippen LogP contribution in [0.1, 0.15) is 65.1 Å². The first-order valence-electron chi connectivity index (χ1n) is 9.66. The van der Waals surface area contributed by atoms with Crippen LogP contribution >= 0.6 is 11.3 Å². The molecule has 3 heterocycles. The summed E-state index contributed by atoms with van der Waals surface area (Å²) in [7, 11) is 0. The maximum atomic E-state index is 12.4. The zero-order valence-electron chi connectivity index (χ0n) is 14.6. The zero-order valence-corrected chi connectivity index (χ0v) is 15.4. The van der Waals surface area contributed by atoms with E-state index in [-0.39, 0.29) is 5.91 Å². The Morgan fingerprint density at radius 1 is 1.12 bits per heavy atom. The smallest absolute Gasteiger partial charge is 0.261 e. The van der Waals surface area contributed by atoms with Crippen molar-refractivity contribution in [1.29, 1.82) is 0 Å². The Kier molecular flexibility index (Phi) is 5.20. The van der Waals surface area contributed by atoms with E-state index in [1.54, 1.807) is 11.3 Å². The Bertz CT molecular complexity index is 550.